The van der Waals surface area contributed by atoms with E-state index in [9.17, 15) is 9.59 Å². The highest BCUT2D eigenvalue weighted by Crippen LogP contribution is 2.19. The van der Waals surface area contributed by atoms with Gasteiger partial charge < -0.3 is 15.5 Å². The number of urea groups is 1. The molecule has 0 aromatic heterocycles. The van der Waals surface area contributed by atoms with Crippen molar-refractivity contribution in [3.63, 3.8) is 0 Å². The van der Waals surface area contributed by atoms with E-state index in [2.05, 4.69) is 10.6 Å². The van der Waals surface area contributed by atoms with Crippen LogP contribution in [0.4, 0.5) is 4.79 Å². The van der Waals surface area contributed by atoms with Crippen LogP contribution in [0.2, 0.25) is 5.02 Å². The van der Waals surface area contributed by atoms with E-state index < -0.39 is 0 Å². The molecule has 2 rings (SSSR count). The van der Waals surface area contributed by atoms with E-state index in [1.807, 2.05) is 24.3 Å². The summed E-state index contributed by atoms with van der Waals surface area (Å²) in [4.78, 5) is 25.9. The summed E-state index contributed by atoms with van der Waals surface area (Å²) in [6, 6.07) is 7.65. The third-order valence-electron chi connectivity index (χ3n) is 3.34. The smallest absolute Gasteiger partial charge is 0.317 e. The largest absolute Gasteiger partial charge is 0.352 e. The number of amides is 3. The molecule has 1 atom stereocenters. The monoisotopic (exact) mass is 341 g/mol. The summed E-state index contributed by atoms with van der Waals surface area (Å²) in [7, 11) is 0. The first-order valence-electron chi connectivity index (χ1n) is 7.23. The van der Waals surface area contributed by atoms with Crippen molar-refractivity contribution in [3.8, 4) is 0 Å². The SMILES string of the molecule is CC(=O)NC1CCN(C(=O)NCCSc2ccc(Cl)cc2)C1. The van der Waals surface area contributed by atoms with Crippen LogP contribution in [-0.4, -0.2) is 48.3 Å². The fourth-order valence-electron chi connectivity index (χ4n) is 2.32. The van der Waals surface area contributed by atoms with E-state index in [1.165, 1.54) is 6.92 Å². The van der Waals surface area contributed by atoms with Gasteiger partial charge in [0.15, 0.2) is 0 Å². The molecular formula is C15H20ClN3O2S. The van der Waals surface area contributed by atoms with Gasteiger partial charge in [-0.2, -0.15) is 0 Å². The van der Waals surface area contributed by atoms with Gasteiger partial charge in [0.2, 0.25) is 5.91 Å². The summed E-state index contributed by atoms with van der Waals surface area (Å²) >= 11 is 7.51. The van der Waals surface area contributed by atoms with Crippen LogP contribution in [0.3, 0.4) is 0 Å². The molecule has 0 aliphatic carbocycles. The molecular weight excluding hydrogens is 322 g/mol. The molecule has 22 heavy (non-hydrogen) atoms. The molecule has 1 aromatic rings. The molecule has 5 nitrogen and oxygen atoms in total. The van der Waals surface area contributed by atoms with Crippen molar-refractivity contribution in [2.75, 3.05) is 25.4 Å². The van der Waals surface area contributed by atoms with Gasteiger partial charge in [-0.25, -0.2) is 4.79 Å². The molecule has 1 unspecified atom stereocenters. The summed E-state index contributed by atoms with van der Waals surface area (Å²) in [5.41, 5.74) is 0. The van der Waals surface area contributed by atoms with E-state index in [1.54, 1.807) is 16.7 Å². The molecule has 0 saturated carbocycles. The number of benzene rings is 1. The first kappa shape index (κ1) is 17.0. The Kier molecular flexibility index (Phi) is 6.39. The topological polar surface area (TPSA) is 61.4 Å². The second-order valence-corrected chi connectivity index (χ2v) is 6.77. The van der Waals surface area contributed by atoms with Gasteiger partial charge in [-0.05, 0) is 30.7 Å². The number of thioether (sulfide) groups is 1. The van der Waals surface area contributed by atoms with E-state index in [4.69, 9.17) is 11.6 Å². The zero-order valence-corrected chi connectivity index (χ0v) is 14.0. The zero-order chi connectivity index (χ0) is 15.9. The third kappa shape index (κ3) is 5.42. The number of nitrogens with zero attached hydrogens (tertiary/aromatic N) is 1. The molecule has 7 heteroatoms. The highest BCUT2D eigenvalue weighted by molar-refractivity contribution is 7.99. The second kappa shape index (κ2) is 8.29. The van der Waals surface area contributed by atoms with Gasteiger partial charge in [0, 0.05) is 48.3 Å². The molecule has 1 aliphatic rings. The van der Waals surface area contributed by atoms with Gasteiger partial charge in [0.25, 0.3) is 0 Å². The Morgan fingerprint density at radius 3 is 2.77 bits per heavy atom. The summed E-state index contributed by atoms with van der Waals surface area (Å²) in [6.07, 6.45) is 0.812. The fourth-order valence-corrected chi connectivity index (χ4v) is 3.21. The van der Waals surface area contributed by atoms with Crippen molar-refractivity contribution in [2.24, 2.45) is 0 Å². The minimum Gasteiger partial charge on any atom is -0.352 e. The number of hydrogen-bond donors (Lipinski definition) is 2. The first-order valence-corrected chi connectivity index (χ1v) is 8.59. The van der Waals surface area contributed by atoms with Crippen LogP contribution < -0.4 is 10.6 Å². The van der Waals surface area contributed by atoms with E-state index in [-0.39, 0.29) is 18.0 Å². The number of nitrogens with one attached hydrogen (secondary N) is 2. The lowest BCUT2D eigenvalue weighted by molar-refractivity contribution is -0.119. The summed E-state index contributed by atoms with van der Waals surface area (Å²) in [5.74, 6) is 0.752. The Balaban J connectivity index is 1.64. The van der Waals surface area contributed by atoms with Crippen LogP contribution in [0.15, 0.2) is 29.2 Å². The molecule has 1 heterocycles. The number of likely N-dealkylation sites (tertiary alicyclic amines) is 1. The maximum atomic E-state index is 12.0. The molecule has 1 fully saturated rings. The number of halogens is 1. The van der Waals surface area contributed by atoms with E-state index in [0.29, 0.717) is 19.6 Å². The molecule has 1 saturated heterocycles. The average Bonchev–Trinajstić information content (AvgIpc) is 2.93. The van der Waals surface area contributed by atoms with Gasteiger partial charge >= 0.3 is 6.03 Å². The van der Waals surface area contributed by atoms with Crippen molar-refractivity contribution in [1.82, 2.24) is 15.5 Å². The van der Waals surface area contributed by atoms with Crippen LogP contribution in [0.25, 0.3) is 0 Å². The number of hydrogen-bond acceptors (Lipinski definition) is 3. The minimum atomic E-state index is -0.0652. The lowest BCUT2D eigenvalue weighted by Gasteiger charge is -2.17. The molecule has 0 bridgehead atoms. The molecule has 2 N–H and O–H groups in total. The molecule has 0 spiro atoms. The van der Waals surface area contributed by atoms with Crippen LogP contribution in [-0.2, 0) is 4.79 Å². The van der Waals surface area contributed by atoms with Crippen molar-refractivity contribution in [2.45, 2.75) is 24.3 Å². The van der Waals surface area contributed by atoms with Gasteiger partial charge in [-0.15, -0.1) is 11.8 Å². The maximum absolute atomic E-state index is 12.0. The lowest BCUT2D eigenvalue weighted by Crippen LogP contribution is -2.42. The highest BCUT2D eigenvalue weighted by atomic mass is 35.5. The standard InChI is InChI=1S/C15H20ClN3O2S/c1-11(20)18-13-6-8-19(10-13)15(21)17-7-9-22-14-4-2-12(16)3-5-14/h2-5,13H,6-10H2,1H3,(H,17,21)(H,18,20). The number of carbonyl (C=O) groups excluding carboxylic acids is 2. The predicted octanol–water partition coefficient (Wildman–Crippen LogP) is 2.35. The van der Waals surface area contributed by atoms with E-state index in [0.717, 1.165) is 22.1 Å². The molecule has 1 aliphatic heterocycles. The second-order valence-electron chi connectivity index (χ2n) is 5.17. The van der Waals surface area contributed by atoms with Crippen molar-refractivity contribution >= 4 is 35.3 Å². The normalized spacial score (nSPS) is 17.4. The van der Waals surface area contributed by atoms with Gasteiger partial charge in [-0.1, -0.05) is 11.6 Å². The van der Waals surface area contributed by atoms with Crippen molar-refractivity contribution < 1.29 is 9.59 Å². The summed E-state index contributed by atoms with van der Waals surface area (Å²) < 4.78 is 0. The Hall–Kier alpha value is -1.40. The Bertz CT molecular complexity index is 524. The molecule has 0 radical (unpaired) electrons. The van der Waals surface area contributed by atoms with Crippen LogP contribution in [0, 0.1) is 0 Å². The van der Waals surface area contributed by atoms with Gasteiger partial charge in [0.05, 0.1) is 0 Å². The Labute approximate surface area is 139 Å². The Morgan fingerprint density at radius 2 is 2.09 bits per heavy atom. The summed E-state index contributed by atoms with van der Waals surface area (Å²) in [6.45, 7) is 3.36. The highest BCUT2D eigenvalue weighted by Gasteiger charge is 2.26. The summed E-state index contributed by atoms with van der Waals surface area (Å²) in [5, 5.41) is 6.47. The third-order valence-corrected chi connectivity index (χ3v) is 4.61. The minimum absolute atomic E-state index is 0.0494. The molecule has 1 aromatic carbocycles. The van der Waals surface area contributed by atoms with Crippen LogP contribution in [0.5, 0.6) is 0 Å². The van der Waals surface area contributed by atoms with Crippen molar-refractivity contribution in [1.29, 1.82) is 0 Å². The average molecular weight is 342 g/mol. The molecule has 3 amide bonds. The lowest BCUT2D eigenvalue weighted by atomic mass is 10.3. The number of carbonyl (C=O) groups is 2. The zero-order valence-electron chi connectivity index (χ0n) is 12.5. The van der Waals surface area contributed by atoms with Crippen molar-refractivity contribution in [3.05, 3.63) is 29.3 Å². The number of rotatable bonds is 5. The first-order chi connectivity index (χ1) is 10.5. The fraction of sp³-hybridized carbons (Fsp3) is 0.467. The maximum Gasteiger partial charge on any atom is 0.317 e. The van der Waals surface area contributed by atoms with Crippen LogP contribution >= 0.6 is 23.4 Å². The van der Waals surface area contributed by atoms with Crippen LogP contribution in [0.1, 0.15) is 13.3 Å². The van der Waals surface area contributed by atoms with Gasteiger partial charge in [0.1, 0.15) is 0 Å². The molecule has 120 valence electrons. The predicted molar refractivity (Wildman–Crippen MR) is 89.4 cm³/mol. The Morgan fingerprint density at radius 1 is 1.36 bits per heavy atom. The van der Waals surface area contributed by atoms with E-state index >= 15 is 0 Å². The quantitative estimate of drug-likeness (QED) is 0.638. The van der Waals surface area contributed by atoms with Gasteiger partial charge in [-0.3, -0.25) is 4.79 Å².